The Morgan fingerprint density at radius 1 is 1.44 bits per heavy atom. The van der Waals surface area contributed by atoms with Crippen LogP contribution in [0.1, 0.15) is 0 Å². The summed E-state index contributed by atoms with van der Waals surface area (Å²) in [6, 6.07) is 0. The van der Waals surface area contributed by atoms with Crippen LogP contribution in [0.2, 0.25) is 0 Å². The smallest absolute Gasteiger partial charge is 0.245 e. The lowest BCUT2D eigenvalue weighted by atomic mass is 10.4. The molecule has 1 radical (unpaired) electrons. The van der Waals surface area contributed by atoms with Crippen molar-refractivity contribution >= 4 is 17.6 Å². The number of carbonyl (C=O) groups excluding carboxylic acids is 1. The van der Waals surface area contributed by atoms with Crippen molar-refractivity contribution in [1.82, 2.24) is 0 Å². The molecular formula is C3HClF3O2. The van der Waals surface area contributed by atoms with Crippen LogP contribution in [-0.4, -0.2) is 17.5 Å². The lowest BCUT2D eigenvalue weighted by Gasteiger charge is -2.05. The van der Waals surface area contributed by atoms with E-state index in [0.717, 1.165) is 0 Å². The quantitative estimate of drug-likeness (QED) is 0.531. The van der Waals surface area contributed by atoms with Gasteiger partial charge in [0, 0.05) is 0 Å². The van der Waals surface area contributed by atoms with Gasteiger partial charge < -0.3 is 0 Å². The second-order valence-corrected chi connectivity index (χ2v) is 1.66. The first-order chi connectivity index (χ1) is 3.85. The van der Waals surface area contributed by atoms with Gasteiger partial charge in [-0.15, -0.1) is 11.6 Å². The predicted molar refractivity (Wildman–Crippen MR) is 21.4 cm³/mol. The van der Waals surface area contributed by atoms with Crippen molar-refractivity contribution in [2.75, 3.05) is 0 Å². The highest BCUT2D eigenvalue weighted by molar-refractivity contribution is 6.30. The van der Waals surface area contributed by atoms with Crippen molar-refractivity contribution in [2.45, 2.75) is 11.6 Å². The first-order valence-electron chi connectivity index (χ1n) is 1.77. The topological polar surface area (TPSA) is 37.0 Å². The molecule has 0 bridgehead atoms. The van der Waals surface area contributed by atoms with Crippen LogP contribution in [0.25, 0.3) is 0 Å². The van der Waals surface area contributed by atoms with Gasteiger partial charge in [-0.1, -0.05) is 0 Å². The summed E-state index contributed by atoms with van der Waals surface area (Å²) in [7, 11) is 0. The van der Waals surface area contributed by atoms with Gasteiger partial charge in [-0.25, -0.2) is 9.90 Å². The lowest BCUT2D eigenvalue weighted by molar-refractivity contribution is -0.168. The summed E-state index contributed by atoms with van der Waals surface area (Å²) >= 11 is 4.30. The number of carbonyl (C=O) groups is 1. The molecule has 0 saturated carbocycles. The van der Waals surface area contributed by atoms with Gasteiger partial charge in [0.2, 0.25) is 5.38 Å². The molecule has 0 aliphatic heterocycles. The molecule has 0 fully saturated rings. The number of halogens is 4. The van der Waals surface area contributed by atoms with Crippen LogP contribution in [0.15, 0.2) is 0 Å². The van der Waals surface area contributed by atoms with Gasteiger partial charge in [-0.2, -0.15) is 13.2 Å². The predicted octanol–water partition coefficient (Wildman–Crippen LogP) is 1.11. The van der Waals surface area contributed by atoms with Gasteiger partial charge in [0.25, 0.3) is 0 Å². The van der Waals surface area contributed by atoms with Crippen LogP contribution >= 0.6 is 11.6 Å². The molecule has 0 saturated heterocycles. The standard InChI is InChI=1S/C3HClF3O2/c4-1(2(8)9)3(5,6)7/h1H. The highest BCUT2D eigenvalue weighted by Gasteiger charge is 2.44. The molecule has 0 N–H and O–H groups in total. The van der Waals surface area contributed by atoms with E-state index in [0.29, 0.717) is 0 Å². The molecule has 1 unspecified atom stereocenters. The first kappa shape index (κ1) is 8.55. The van der Waals surface area contributed by atoms with Crippen molar-refractivity contribution < 1.29 is 23.1 Å². The fraction of sp³-hybridized carbons (Fsp3) is 0.667. The highest BCUT2D eigenvalue weighted by atomic mass is 35.5. The summed E-state index contributed by atoms with van der Waals surface area (Å²) in [5.74, 6) is -2.33. The van der Waals surface area contributed by atoms with E-state index in [9.17, 15) is 23.1 Å². The molecule has 0 aromatic carbocycles. The summed E-state index contributed by atoms with van der Waals surface area (Å²) in [4.78, 5) is 9.38. The molecule has 2 nitrogen and oxygen atoms in total. The highest BCUT2D eigenvalue weighted by Crippen LogP contribution is 2.24. The van der Waals surface area contributed by atoms with Crippen LogP contribution < -0.4 is 0 Å². The van der Waals surface area contributed by atoms with E-state index in [1.54, 1.807) is 0 Å². The van der Waals surface area contributed by atoms with Crippen molar-refractivity contribution in [3.63, 3.8) is 0 Å². The summed E-state index contributed by atoms with van der Waals surface area (Å²) in [6.45, 7) is 0. The maximum atomic E-state index is 11.1. The molecule has 0 spiro atoms. The van der Waals surface area contributed by atoms with Crippen LogP contribution in [0.4, 0.5) is 13.2 Å². The van der Waals surface area contributed by atoms with Crippen molar-refractivity contribution in [2.24, 2.45) is 0 Å². The maximum absolute atomic E-state index is 11.1. The molecular weight excluding hydrogens is 160 g/mol. The fourth-order valence-electron chi connectivity index (χ4n) is 0.134. The molecule has 0 aromatic rings. The Labute approximate surface area is 53.2 Å². The lowest BCUT2D eigenvalue weighted by Crippen LogP contribution is -2.30. The second kappa shape index (κ2) is 2.43. The van der Waals surface area contributed by atoms with Crippen molar-refractivity contribution in [3.8, 4) is 0 Å². The molecule has 9 heavy (non-hydrogen) atoms. The van der Waals surface area contributed by atoms with Crippen LogP contribution in [0, 0.1) is 0 Å². The molecule has 0 amide bonds. The van der Waals surface area contributed by atoms with Crippen molar-refractivity contribution in [1.29, 1.82) is 0 Å². The number of hydrogen-bond donors (Lipinski definition) is 0. The minimum Gasteiger partial charge on any atom is -0.245 e. The van der Waals surface area contributed by atoms with Gasteiger partial charge in [-0.05, 0) is 0 Å². The van der Waals surface area contributed by atoms with E-state index in [2.05, 4.69) is 11.6 Å². The molecule has 0 aliphatic carbocycles. The molecule has 0 aromatic heterocycles. The average Bonchev–Trinajstić information content (AvgIpc) is 1.62. The van der Waals surface area contributed by atoms with Crippen LogP contribution in [0.3, 0.4) is 0 Å². The molecule has 0 rings (SSSR count). The summed E-state index contributed by atoms with van der Waals surface area (Å²) in [6.07, 6.45) is -4.92. The Kier molecular flexibility index (Phi) is 2.31. The third-order valence-corrected chi connectivity index (χ3v) is 0.920. The minimum atomic E-state index is -4.92. The van der Waals surface area contributed by atoms with E-state index in [-0.39, 0.29) is 0 Å². The van der Waals surface area contributed by atoms with Gasteiger partial charge in [0.15, 0.2) is 0 Å². The van der Waals surface area contributed by atoms with Crippen LogP contribution in [-0.2, 0) is 9.90 Å². The van der Waals surface area contributed by atoms with Gasteiger partial charge in [0.1, 0.15) is 0 Å². The monoisotopic (exact) mass is 161 g/mol. The maximum Gasteiger partial charge on any atom is 0.415 e. The van der Waals surface area contributed by atoms with E-state index in [1.165, 1.54) is 0 Å². The summed E-state index contributed by atoms with van der Waals surface area (Å²) in [5.41, 5.74) is 0. The average molecular weight is 161 g/mol. The minimum absolute atomic E-state index is 2.33. The number of hydrogen-bond acceptors (Lipinski definition) is 1. The molecule has 1 atom stereocenters. The Morgan fingerprint density at radius 2 is 1.78 bits per heavy atom. The Morgan fingerprint density at radius 3 is 1.78 bits per heavy atom. The zero-order valence-electron chi connectivity index (χ0n) is 3.91. The Hall–Kier alpha value is -0.450. The zero-order valence-corrected chi connectivity index (χ0v) is 4.66. The fourth-order valence-corrected chi connectivity index (χ4v) is 0.134. The van der Waals surface area contributed by atoms with E-state index >= 15 is 0 Å². The largest absolute Gasteiger partial charge is 0.415 e. The SMILES string of the molecule is [O]C(=O)C(Cl)C(F)(F)F. The first-order valence-corrected chi connectivity index (χ1v) is 2.21. The Bertz CT molecular complexity index is 121. The van der Waals surface area contributed by atoms with E-state index in [1.807, 2.05) is 0 Å². The number of alkyl halides is 4. The third kappa shape index (κ3) is 2.55. The molecule has 6 heteroatoms. The van der Waals surface area contributed by atoms with Gasteiger partial charge in [0.05, 0.1) is 0 Å². The van der Waals surface area contributed by atoms with E-state index in [4.69, 9.17) is 0 Å². The summed E-state index contributed by atoms with van der Waals surface area (Å²) < 4.78 is 33.4. The third-order valence-electron chi connectivity index (χ3n) is 0.494. The molecule has 53 valence electrons. The van der Waals surface area contributed by atoms with Gasteiger partial charge >= 0.3 is 12.1 Å². The van der Waals surface area contributed by atoms with E-state index < -0.39 is 17.5 Å². The zero-order chi connectivity index (χ0) is 7.65. The Balaban J connectivity index is 4.04. The molecule has 0 heterocycles. The summed E-state index contributed by atoms with van der Waals surface area (Å²) in [5, 5.41) is 6.48. The van der Waals surface area contributed by atoms with Crippen molar-refractivity contribution in [3.05, 3.63) is 0 Å². The second-order valence-electron chi connectivity index (χ2n) is 1.22. The normalized spacial score (nSPS) is 15.1. The molecule has 0 aliphatic rings. The van der Waals surface area contributed by atoms with Gasteiger partial charge in [-0.3, -0.25) is 0 Å². The number of rotatable bonds is 1. The van der Waals surface area contributed by atoms with Crippen LogP contribution in [0.5, 0.6) is 0 Å².